The molecule has 0 saturated carbocycles. The molecular weight excluding hydrogens is 192 g/mol. The number of rotatable bonds is 1. The Morgan fingerprint density at radius 2 is 1.58 bits per heavy atom. The van der Waals surface area contributed by atoms with Gasteiger partial charge in [0.25, 0.3) is 0 Å². The minimum Gasteiger partial charge on any atom is -0.377 e. The van der Waals surface area contributed by atoms with Crippen molar-refractivity contribution in [3.8, 4) is 0 Å². The van der Waals surface area contributed by atoms with Crippen LogP contribution < -0.4 is 22.6 Å². The quantitative estimate of drug-likeness (QED) is 0.190. The third-order valence-corrected chi connectivity index (χ3v) is 0.658. The smallest absolute Gasteiger partial charge is 0.304 e. The number of nitrogens with two attached hydrogens (primary N) is 4. The van der Waals surface area contributed by atoms with Gasteiger partial charge in [-0.05, 0) is 29.4 Å². The van der Waals surface area contributed by atoms with Gasteiger partial charge in [0, 0.05) is 0 Å². The van der Waals surface area contributed by atoms with Crippen molar-refractivity contribution in [1.82, 2.24) is 0 Å². The Morgan fingerprint density at radius 3 is 1.58 bits per heavy atom. The van der Waals surface area contributed by atoms with Gasteiger partial charge in [-0.2, -0.15) is 0 Å². The third kappa shape index (κ3) is 145. The fourth-order valence-electron chi connectivity index (χ4n) is 0.0962. The fourth-order valence-corrected chi connectivity index (χ4v) is 0.289. The molecule has 0 spiro atoms. The zero-order valence-corrected chi connectivity index (χ0v) is 8.46. The average molecular weight is 207 g/mol. The van der Waals surface area contributed by atoms with Gasteiger partial charge in [0.1, 0.15) is 0 Å². The summed E-state index contributed by atoms with van der Waals surface area (Å²) in [6.45, 7) is 9.38. The molecule has 8 N–H and O–H groups in total. The molecule has 0 aliphatic heterocycles. The number of thiocarbonyl (C=S) groups is 1. The van der Waals surface area contributed by atoms with Gasteiger partial charge in [0.05, 0.1) is 0 Å². The first-order chi connectivity index (χ1) is 5.50. The van der Waals surface area contributed by atoms with E-state index in [0.717, 1.165) is 0 Å². The van der Waals surface area contributed by atoms with Crippen LogP contribution in [-0.4, -0.2) is 10.3 Å². The van der Waals surface area contributed by atoms with Crippen LogP contribution in [0.5, 0.6) is 0 Å². The summed E-state index contributed by atoms with van der Waals surface area (Å²) in [7, 11) is 0. The molecule has 0 unspecified atom stereocenters. The summed E-state index contributed by atoms with van der Waals surface area (Å²) in [6, 6.07) is 0. The van der Waals surface area contributed by atoms with E-state index in [1.54, 1.807) is 5.41 Å². The number of hydrogen-bond donors (Lipinski definition) is 4. The van der Waals surface area contributed by atoms with Crippen molar-refractivity contribution in [3.05, 3.63) is 25.1 Å². The number of hydrogen-bond acceptors (Lipinski definition) is 2. The topological polar surface area (TPSA) is 104 Å². The van der Waals surface area contributed by atoms with Crippen LogP contribution in [0.3, 0.4) is 0 Å². The lowest BCUT2D eigenvalue weighted by Crippen LogP contribution is -2.42. The predicted molar refractivity (Wildman–Crippen MR) is 61.1 cm³/mol. The summed E-state index contributed by atoms with van der Waals surface area (Å²) in [6.07, 6.45) is 0. The van der Waals surface area contributed by atoms with E-state index >= 15 is 0 Å². The molecule has 0 aromatic carbocycles. The van der Waals surface area contributed by atoms with Gasteiger partial charge in [-0.1, -0.05) is 6.58 Å². The molecule has 0 rings (SSSR count). The van der Waals surface area contributed by atoms with Crippen molar-refractivity contribution in [2.24, 2.45) is 17.2 Å². The van der Waals surface area contributed by atoms with Crippen molar-refractivity contribution >= 4 is 34.3 Å². The van der Waals surface area contributed by atoms with Crippen molar-refractivity contribution < 1.29 is 5.41 Å². The highest BCUT2D eigenvalue weighted by molar-refractivity contribution is 8.15. The summed E-state index contributed by atoms with van der Waals surface area (Å²) in [5.41, 5.74) is 14.2. The van der Waals surface area contributed by atoms with Crippen LogP contribution in [-0.2, 0) is 0 Å². The highest BCUT2D eigenvalue weighted by Gasteiger charge is 1.84. The lowest BCUT2D eigenvalue weighted by molar-refractivity contribution is -0.109. The van der Waals surface area contributed by atoms with Crippen molar-refractivity contribution in [1.29, 1.82) is 0 Å². The minimum absolute atomic E-state index is 0.000000000000000222. The molecule has 0 aliphatic carbocycles. The van der Waals surface area contributed by atoms with Gasteiger partial charge in [0.15, 0.2) is 5.11 Å². The molecule has 0 atom stereocenters. The molecule has 6 heteroatoms. The Hall–Kier alpha value is -1.01. The second-order valence-corrected chi connectivity index (χ2v) is 2.60. The summed E-state index contributed by atoms with van der Waals surface area (Å²) >= 11 is 5.31. The van der Waals surface area contributed by atoms with Crippen LogP contribution in [0.2, 0.25) is 0 Å². The maximum atomic E-state index is 4.99. The Balaban J connectivity index is -0.000000118. The highest BCUT2D eigenvalue weighted by atomic mass is 32.2. The van der Waals surface area contributed by atoms with Crippen LogP contribution >= 0.6 is 24.0 Å². The molecule has 0 aromatic heterocycles. The van der Waals surface area contributed by atoms with Gasteiger partial charge < -0.3 is 11.5 Å². The summed E-state index contributed by atoms with van der Waals surface area (Å²) in [5.74, 6) is 0. The standard InChI is InChI=1S/C3H6N2S.C2H4.CH4N2S/c1-2-6-3(4)5;1-2;2-1(3)4/h2H,1H2,(H3,4,5);1-2H2;(H4,2,3,4)/p+1. The maximum absolute atomic E-state index is 4.99. The van der Waals surface area contributed by atoms with E-state index in [9.17, 15) is 0 Å². The molecular formula is C6H15N4S2+. The van der Waals surface area contributed by atoms with Crippen LogP contribution in [0.4, 0.5) is 0 Å². The number of amidine groups is 1. The minimum atomic E-state index is 0.000000000000000222. The van der Waals surface area contributed by atoms with E-state index in [1.165, 1.54) is 11.8 Å². The van der Waals surface area contributed by atoms with E-state index in [1.807, 2.05) is 0 Å². The maximum Gasteiger partial charge on any atom is 0.304 e. The van der Waals surface area contributed by atoms with E-state index in [2.05, 4.69) is 43.4 Å². The molecule has 0 bridgehead atoms. The largest absolute Gasteiger partial charge is 0.377 e. The van der Waals surface area contributed by atoms with Crippen LogP contribution in [0.25, 0.3) is 0 Å². The average Bonchev–Trinajstić information content (AvgIpc) is 1.90. The molecule has 0 heterocycles. The van der Waals surface area contributed by atoms with Crippen molar-refractivity contribution in [2.75, 3.05) is 0 Å². The van der Waals surface area contributed by atoms with Gasteiger partial charge >= 0.3 is 5.17 Å². The molecule has 12 heavy (non-hydrogen) atoms. The zero-order chi connectivity index (χ0) is 10.6. The van der Waals surface area contributed by atoms with Crippen molar-refractivity contribution in [2.45, 2.75) is 0 Å². The second-order valence-electron chi connectivity index (χ2n) is 1.09. The Kier molecular flexibility index (Phi) is 23.7. The molecule has 0 radical (unpaired) electrons. The van der Waals surface area contributed by atoms with E-state index < -0.39 is 0 Å². The zero-order valence-electron chi connectivity index (χ0n) is 6.82. The van der Waals surface area contributed by atoms with Gasteiger partial charge in [-0.25, -0.2) is 0 Å². The SMILES string of the molecule is C=C.C=CSC(N)=[NH2+].NC(N)=S. The Labute approximate surface area is 82.4 Å². The molecule has 0 saturated heterocycles. The lowest BCUT2D eigenvalue weighted by atomic mass is 11.3. The molecule has 0 aliphatic rings. The molecule has 0 fully saturated rings. The van der Waals surface area contributed by atoms with Crippen LogP contribution in [0.15, 0.2) is 25.1 Å². The van der Waals surface area contributed by atoms with E-state index in [4.69, 9.17) is 11.1 Å². The first-order valence-electron chi connectivity index (χ1n) is 2.71. The molecule has 70 valence electrons. The van der Waals surface area contributed by atoms with Gasteiger partial charge in [-0.3, -0.25) is 11.1 Å². The van der Waals surface area contributed by atoms with E-state index in [-0.39, 0.29) is 5.11 Å². The summed E-state index contributed by atoms with van der Waals surface area (Å²) < 4.78 is 0. The fraction of sp³-hybridized carbons (Fsp3) is 0. The second kappa shape index (κ2) is 16.5. The number of thioether (sulfide) groups is 1. The summed E-state index contributed by atoms with van der Waals surface area (Å²) in [5, 5.41) is 6.91. The van der Waals surface area contributed by atoms with Crippen LogP contribution in [0, 0.1) is 0 Å². The predicted octanol–water partition coefficient (Wildman–Crippen LogP) is -1.07. The van der Waals surface area contributed by atoms with Crippen molar-refractivity contribution in [3.63, 3.8) is 0 Å². The summed E-state index contributed by atoms with van der Waals surface area (Å²) in [4.78, 5) is 0. The van der Waals surface area contributed by atoms with E-state index in [0.29, 0.717) is 5.17 Å². The first-order valence-corrected chi connectivity index (χ1v) is 3.99. The van der Waals surface area contributed by atoms with Gasteiger partial charge in [-0.15, -0.1) is 13.2 Å². The monoisotopic (exact) mass is 207 g/mol. The lowest BCUT2D eigenvalue weighted by Gasteiger charge is -1.73. The molecule has 0 aromatic rings. The van der Waals surface area contributed by atoms with Gasteiger partial charge in [0.2, 0.25) is 0 Å². The Bertz CT molecular complexity index is 142. The molecule has 4 nitrogen and oxygen atoms in total. The first kappa shape index (κ1) is 17.2. The molecule has 0 amide bonds. The highest BCUT2D eigenvalue weighted by Crippen LogP contribution is 1.91. The van der Waals surface area contributed by atoms with Crippen LogP contribution in [0.1, 0.15) is 0 Å². The third-order valence-electron chi connectivity index (χ3n) is 0.219. The Morgan fingerprint density at radius 1 is 1.33 bits per heavy atom. The normalized spacial score (nSPS) is 6.00.